The number of amides is 2. The van der Waals surface area contributed by atoms with Gasteiger partial charge < -0.3 is 10.2 Å². The van der Waals surface area contributed by atoms with Crippen LogP contribution in [0.2, 0.25) is 5.15 Å². The fraction of sp³-hybridized carbons (Fsp3) is 0.643. The normalized spacial score (nSPS) is 21.2. The van der Waals surface area contributed by atoms with Gasteiger partial charge in [0.25, 0.3) is 0 Å². The Morgan fingerprint density at radius 2 is 2.00 bits per heavy atom. The molecule has 2 fully saturated rings. The molecule has 1 spiro atoms. The van der Waals surface area contributed by atoms with E-state index in [-0.39, 0.29) is 18.4 Å². The zero-order chi connectivity index (χ0) is 15.2. The molecule has 6 nitrogen and oxygen atoms in total. The number of rotatable bonds is 2. The predicted molar refractivity (Wildman–Crippen MR) is 77.7 cm³/mol. The van der Waals surface area contributed by atoms with E-state index in [4.69, 9.17) is 11.6 Å². The van der Waals surface area contributed by atoms with Gasteiger partial charge in [-0.2, -0.15) is 5.10 Å². The molecule has 7 heteroatoms. The highest BCUT2D eigenvalue weighted by atomic mass is 35.5. The third-order valence-electron chi connectivity index (χ3n) is 4.66. The lowest BCUT2D eigenvalue weighted by Gasteiger charge is -2.43. The number of nitrogens with one attached hydrogen (secondary N) is 1. The Balaban J connectivity index is 1.97. The Hall–Kier alpha value is -1.56. The van der Waals surface area contributed by atoms with E-state index in [0.29, 0.717) is 11.7 Å². The molecule has 1 aliphatic carbocycles. The minimum Gasteiger partial charge on any atom is -0.345 e. The van der Waals surface area contributed by atoms with Crippen molar-refractivity contribution >= 4 is 23.4 Å². The zero-order valence-electron chi connectivity index (χ0n) is 12.3. The summed E-state index contributed by atoms with van der Waals surface area (Å²) in [4.78, 5) is 26.5. The fourth-order valence-electron chi connectivity index (χ4n) is 3.49. The number of carbonyl (C=O) groups excluding carboxylic acids is 2. The number of piperazine rings is 1. The van der Waals surface area contributed by atoms with Crippen LogP contribution in [0.1, 0.15) is 36.9 Å². The highest BCUT2D eigenvalue weighted by molar-refractivity contribution is 6.30. The second-order valence-electron chi connectivity index (χ2n) is 5.88. The van der Waals surface area contributed by atoms with Crippen LogP contribution in [0.4, 0.5) is 0 Å². The van der Waals surface area contributed by atoms with Crippen molar-refractivity contribution in [1.82, 2.24) is 20.0 Å². The maximum absolute atomic E-state index is 12.4. The van der Waals surface area contributed by atoms with Gasteiger partial charge in [0.15, 0.2) is 0 Å². The number of hydrogen-bond acceptors (Lipinski definition) is 3. The number of aryl methyl sites for hydroxylation is 2. The van der Waals surface area contributed by atoms with Crippen LogP contribution < -0.4 is 5.32 Å². The van der Waals surface area contributed by atoms with Crippen molar-refractivity contribution in [2.45, 2.75) is 44.7 Å². The Labute approximate surface area is 128 Å². The summed E-state index contributed by atoms with van der Waals surface area (Å²) < 4.78 is 1.60. The van der Waals surface area contributed by atoms with Crippen molar-refractivity contribution in [3.05, 3.63) is 16.4 Å². The monoisotopic (exact) mass is 310 g/mol. The largest absolute Gasteiger partial charge is 0.345 e. The molecule has 3 rings (SSSR count). The molecule has 114 valence electrons. The maximum Gasteiger partial charge on any atom is 0.246 e. The number of nitrogens with zero attached hydrogens (tertiary/aromatic N) is 3. The van der Waals surface area contributed by atoms with Crippen LogP contribution in [-0.4, -0.2) is 38.6 Å². The molecule has 2 amide bonds. The molecule has 2 heterocycles. The summed E-state index contributed by atoms with van der Waals surface area (Å²) in [6, 6.07) is 0. The minimum atomic E-state index is -0.694. The summed E-state index contributed by atoms with van der Waals surface area (Å²) in [5, 5.41) is 7.54. The van der Waals surface area contributed by atoms with Gasteiger partial charge in [0.05, 0.1) is 18.8 Å². The van der Waals surface area contributed by atoms with Gasteiger partial charge in [0.1, 0.15) is 10.7 Å². The van der Waals surface area contributed by atoms with Crippen molar-refractivity contribution in [2.24, 2.45) is 7.05 Å². The van der Waals surface area contributed by atoms with E-state index in [1.807, 2.05) is 6.92 Å². The minimum absolute atomic E-state index is 0.0303. The third-order valence-corrected chi connectivity index (χ3v) is 5.13. The molecule has 0 aromatic carbocycles. The van der Waals surface area contributed by atoms with Crippen LogP contribution in [0, 0.1) is 6.92 Å². The van der Waals surface area contributed by atoms with Crippen molar-refractivity contribution in [2.75, 3.05) is 6.54 Å². The maximum atomic E-state index is 12.4. The van der Waals surface area contributed by atoms with E-state index in [1.165, 1.54) is 0 Å². The van der Waals surface area contributed by atoms with Crippen molar-refractivity contribution < 1.29 is 9.59 Å². The highest BCUT2D eigenvalue weighted by Crippen LogP contribution is 2.39. The Bertz CT molecular complexity index is 604. The summed E-state index contributed by atoms with van der Waals surface area (Å²) >= 11 is 6.27. The first kappa shape index (κ1) is 14.4. The molecule has 1 saturated carbocycles. The smallest absolute Gasteiger partial charge is 0.246 e. The molecule has 0 unspecified atom stereocenters. The fourth-order valence-corrected chi connectivity index (χ4v) is 3.72. The molecule has 0 atom stereocenters. The quantitative estimate of drug-likeness (QED) is 0.891. The van der Waals surface area contributed by atoms with Crippen LogP contribution in [0.5, 0.6) is 0 Å². The van der Waals surface area contributed by atoms with Gasteiger partial charge >= 0.3 is 0 Å². The highest BCUT2D eigenvalue weighted by Gasteiger charge is 2.51. The van der Waals surface area contributed by atoms with Gasteiger partial charge in [-0.3, -0.25) is 14.3 Å². The lowest BCUT2D eigenvalue weighted by atomic mass is 9.91. The van der Waals surface area contributed by atoms with Gasteiger partial charge in [-0.05, 0) is 19.8 Å². The van der Waals surface area contributed by atoms with Gasteiger partial charge in [0, 0.05) is 12.6 Å². The molecule has 1 aliphatic heterocycles. The predicted octanol–water partition coefficient (Wildman–Crippen LogP) is 1.15. The van der Waals surface area contributed by atoms with Crippen LogP contribution in [0.25, 0.3) is 0 Å². The molecular formula is C14H19ClN4O2. The van der Waals surface area contributed by atoms with E-state index < -0.39 is 5.54 Å². The number of hydrogen-bond donors (Lipinski definition) is 1. The molecule has 0 radical (unpaired) electrons. The third kappa shape index (κ3) is 2.12. The standard InChI is InChI=1S/C14H19ClN4O2/c1-9-10(12(15)18(2)17-9)8-19-11(20)7-16-13(21)14(19)5-3-4-6-14/h3-8H2,1-2H3,(H,16,21). The van der Waals surface area contributed by atoms with Crippen LogP contribution in [0.3, 0.4) is 0 Å². The van der Waals surface area contributed by atoms with E-state index in [2.05, 4.69) is 10.4 Å². The number of aromatic nitrogens is 2. The number of carbonyl (C=O) groups is 2. The number of halogens is 1. The summed E-state index contributed by atoms with van der Waals surface area (Å²) in [6.07, 6.45) is 3.39. The van der Waals surface area contributed by atoms with Gasteiger partial charge in [-0.1, -0.05) is 24.4 Å². The summed E-state index contributed by atoms with van der Waals surface area (Å²) in [6.45, 7) is 2.29. The van der Waals surface area contributed by atoms with Crippen molar-refractivity contribution in [3.63, 3.8) is 0 Å². The Kier molecular flexibility index (Phi) is 3.43. The molecule has 1 saturated heterocycles. The van der Waals surface area contributed by atoms with Gasteiger partial charge in [-0.15, -0.1) is 0 Å². The summed E-state index contributed by atoms with van der Waals surface area (Å²) in [5.74, 6) is -0.0758. The molecule has 21 heavy (non-hydrogen) atoms. The lowest BCUT2D eigenvalue weighted by molar-refractivity contribution is -0.154. The summed E-state index contributed by atoms with van der Waals surface area (Å²) in [7, 11) is 1.77. The van der Waals surface area contributed by atoms with E-state index >= 15 is 0 Å². The van der Waals surface area contributed by atoms with E-state index in [9.17, 15) is 9.59 Å². The summed E-state index contributed by atoms with van der Waals surface area (Å²) in [5.41, 5.74) is 0.934. The first-order valence-electron chi connectivity index (χ1n) is 7.22. The zero-order valence-corrected chi connectivity index (χ0v) is 13.0. The topological polar surface area (TPSA) is 67.2 Å². The molecule has 1 aromatic rings. The average Bonchev–Trinajstić information content (AvgIpc) is 3.01. The SMILES string of the molecule is Cc1nn(C)c(Cl)c1CN1C(=O)CNC(=O)C12CCCC2. The molecular weight excluding hydrogens is 292 g/mol. The van der Waals surface area contributed by atoms with Crippen LogP contribution in [-0.2, 0) is 23.2 Å². The lowest BCUT2D eigenvalue weighted by Crippen LogP contribution is -2.65. The van der Waals surface area contributed by atoms with E-state index in [0.717, 1.165) is 36.9 Å². The van der Waals surface area contributed by atoms with Crippen molar-refractivity contribution in [3.8, 4) is 0 Å². The van der Waals surface area contributed by atoms with Gasteiger partial charge in [-0.25, -0.2) is 0 Å². The average molecular weight is 311 g/mol. The van der Waals surface area contributed by atoms with Crippen LogP contribution in [0.15, 0.2) is 0 Å². The first-order valence-corrected chi connectivity index (χ1v) is 7.60. The van der Waals surface area contributed by atoms with Crippen LogP contribution >= 0.6 is 11.6 Å². The Morgan fingerprint density at radius 1 is 1.33 bits per heavy atom. The second kappa shape index (κ2) is 5.02. The van der Waals surface area contributed by atoms with Crippen molar-refractivity contribution in [1.29, 1.82) is 0 Å². The second-order valence-corrected chi connectivity index (χ2v) is 6.24. The Morgan fingerprint density at radius 3 is 2.57 bits per heavy atom. The first-order chi connectivity index (χ1) is 9.95. The molecule has 1 aromatic heterocycles. The molecule has 0 bridgehead atoms. The molecule has 2 aliphatic rings. The van der Waals surface area contributed by atoms with E-state index in [1.54, 1.807) is 16.6 Å². The van der Waals surface area contributed by atoms with Gasteiger partial charge in [0.2, 0.25) is 11.8 Å². The molecule has 1 N–H and O–H groups in total.